The van der Waals surface area contributed by atoms with Crippen LogP contribution in [0.3, 0.4) is 0 Å². The highest BCUT2D eigenvalue weighted by atomic mass is 35.5. The summed E-state index contributed by atoms with van der Waals surface area (Å²) in [5.41, 5.74) is 0.967. The molecule has 0 saturated heterocycles. The minimum absolute atomic E-state index is 0.687. The fraction of sp³-hybridized carbons (Fsp3) is 0.643. The molecule has 2 rings (SSSR count). The molecular formula is C14H22ClN3. The van der Waals surface area contributed by atoms with Crippen molar-refractivity contribution in [3.05, 3.63) is 23.5 Å². The Balaban J connectivity index is 1.65. The molecule has 0 spiro atoms. The summed E-state index contributed by atoms with van der Waals surface area (Å²) in [6.45, 7) is 1.89. The van der Waals surface area contributed by atoms with E-state index in [1.807, 2.05) is 6.07 Å². The van der Waals surface area contributed by atoms with Crippen molar-refractivity contribution in [1.29, 1.82) is 0 Å². The Bertz CT molecular complexity index is 349. The Kier molecular flexibility index (Phi) is 5.75. The zero-order valence-electron chi connectivity index (χ0n) is 10.8. The Morgan fingerprint density at radius 2 is 1.94 bits per heavy atom. The molecule has 2 N–H and O–H groups in total. The maximum Gasteiger partial charge on any atom is 0.0820 e. The van der Waals surface area contributed by atoms with E-state index in [1.54, 1.807) is 12.4 Å². The van der Waals surface area contributed by atoms with E-state index in [0.29, 0.717) is 11.1 Å². The summed E-state index contributed by atoms with van der Waals surface area (Å²) < 4.78 is 0. The number of hydrogen-bond donors (Lipinski definition) is 2. The quantitative estimate of drug-likeness (QED) is 0.634. The van der Waals surface area contributed by atoms with E-state index in [0.717, 1.165) is 18.8 Å². The van der Waals surface area contributed by atoms with Gasteiger partial charge in [0.05, 0.1) is 10.7 Å². The van der Waals surface area contributed by atoms with E-state index in [2.05, 4.69) is 15.6 Å². The second-order valence-electron chi connectivity index (χ2n) is 4.92. The first-order valence-electron chi connectivity index (χ1n) is 6.93. The average Bonchev–Trinajstić information content (AvgIpc) is 2.65. The topological polar surface area (TPSA) is 37.0 Å². The third-order valence-corrected chi connectivity index (χ3v) is 3.80. The molecule has 3 nitrogen and oxygen atoms in total. The van der Waals surface area contributed by atoms with Gasteiger partial charge in [-0.1, -0.05) is 37.3 Å². The highest BCUT2D eigenvalue weighted by Crippen LogP contribution is 2.19. The van der Waals surface area contributed by atoms with Gasteiger partial charge in [-0.15, -0.1) is 0 Å². The number of aromatic nitrogens is 1. The summed E-state index contributed by atoms with van der Waals surface area (Å²) >= 11 is 6.03. The normalized spacial score (nSPS) is 17.4. The lowest BCUT2D eigenvalue weighted by Crippen LogP contribution is -2.32. The van der Waals surface area contributed by atoms with Crippen LogP contribution >= 0.6 is 11.6 Å². The minimum atomic E-state index is 0.687. The lowest BCUT2D eigenvalue weighted by molar-refractivity contribution is 0.468. The molecule has 1 aliphatic rings. The molecule has 1 heterocycles. The van der Waals surface area contributed by atoms with Crippen LogP contribution in [0.1, 0.15) is 38.5 Å². The molecule has 1 aliphatic carbocycles. The molecule has 18 heavy (non-hydrogen) atoms. The third kappa shape index (κ3) is 4.46. The number of rotatable bonds is 5. The van der Waals surface area contributed by atoms with Crippen LogP contribution in [0.2, 0.25) is 5.02 Å². The van der Waals surface area contributed by atoms with Crippen LogP contribution < -0.4 is 10.6 Å². The molecule has 0 atom stereocenters. The number of anilines is 1. The van der Waals surface area contributed by atoms with Crippen LogP contribution in [0.4, 0.5) is 5.69 Å². The average molecular weight is 268 g/mol. The minimum Gasteiger partial charge on any atom is -0.382 e. The van der Waals surface area contributed by atoms with E-state index >= 15 is 0 Å². The molecule has 0 aromatic carbocycles. The Labute approximate surface area is 114 Å². The van der Waals surface area contributed by atoms with Crippen molar-refractivity contribution in [2.24, 2.45) is 0 Å². The number of pyridine rings is 1. The Morgan fingerprint density at radius 1 is 1.17 bits per heavy atom. The van der Waals surface area contributed by atoms with Crippen molar-refractivity contribution in [1.82, 2.24) is 10.3 Å². The number of halogens is 1. The van der Waals surface area contributed by atoms with Crippen LogP contribution in [0.25, 0.3) is 0 Å². The predicted molar refractivity (Wildman–Crippen MR) is 77.2 cm³/mol. The molecule has 0 aliphatic heterocycles. The van der Waals surface area contributed by atoms with Gasteiger partial charge in [0.2, 0.25) is 0 Å². The van der Waals surface area contributed by atoms with Crippen molar-refractivity contribution < 1.29 is 0 Å². The van der Waals surface area contributed by atoms with Gasteiger partial charge in [0, 0.05) is 31.5 Å². The predicted octanol–water partition coefficient (Wildman–Crippen LogP) is 3.46. The summed E-state index contributed by atoms with van der Waals surface area (Å²) in [5, 5.41) is 7.65. The molecule has 4 heteroatoms. The van der Waals surface area contributed by atoms with Gasteiger partial charge >= 0.3 is 0 Å². The summed E-state index contributed by atoms with van der Waals surface area (Å²) in [6.07, 6.45) is 11.6. The number of nitrogens with zero attached hydrogens (tertiary/aromatic N) is 1. The molecule has 0 unspecified atom stereocenters. The first-order valence-corrected chi connectivity index (χ1v) is 7.31. The molecule has 0 amide bonds. The van der Waals surface area contributed by atoms with Gasteiger partial charge < -0.3 is 10.6 Å². The molecule has 1 saturated carbocycles. The van der Waals surface area contributed by atoms with Crippen LogP contribution in [-0.2, 0) is 0 Å². The highest BCUT2D eigenvalue weighted by molar-refractivity contribution is 6.33. The lowest BCUT2D eigenvalue weighted by atomic mass is 10.1. The van der Waals surface area contributed by atoms with Gasteiger partial charge in [-0.2, -0.15) is 0 Å². The van der Waals surface area contributed by atoms with E-state index in [9.17, 15) is 0 Å². The van der Waals surface area contributed by atoms with E-state index < -0.39 is 0 Å². The van der Waals surface area contributed by atoms with Crippen LogP contribution in [0, 0.1) is 0 Å². The van der Waals surface area contributed by atoms with Crippen LogP contribution in [0.5, 0.6) is 0 Å². The second kappa shape index (κ2) is 7.59. The van der Waals surface area contributed by atoms with E-state index in [1.165, 1.54) is 38.5 Å². The zero-order chi connectivity index (χ0) is 12.6. The maximum atomic E-state index is 6.03. The Hall–Kier alpha value is -0.800. The maximum absolute atomic E-state index is 6.03. The van der Waals surface area contributed by atoms with Gasteiger partial charge in [0.25, 0.3) is 0 Å². The van der Waals surface area contributed by atoms with Gasteiger partial charge in [0.15, 0.2) is 0 Å². The van der Waals surface area contributed by atoms with Gasteiger partial charge in [-0.05, 0) is 18.9 Å². The van der Waals surface area contributed by atoms with Crippen molar-refractivity contribution in [3.63, 3.8) is 0 Å². The van der Waals surface area contributed by atoms with Crippen molar-refractivity contribution in [2.45, 2.75) is 44.6 Å². The summed E-state index contributed by atoms with van der Waals surface area (Å²) in [4.78, 5) is 3.97. The molecule has 0 radical (unpaired) electrons. The molecule has 1 aromatic rings. The largest absolute Gasteiger partial charge is 0.382 e. The van der Waals surface area contributed by atoms with Gasteiger partial charge in [0.1, 0.15) is 0 Å². The summed E-state index contributed by atoms with van der Waals surface area (Å²) in [6, 6.07) is 2.62. The summed E-state index contributed by atoms with van der Waals surface area (Å²) in [7, 11) is 0. The highest BCUT2D eigenvalue weighted by Gasteiger charge is 2.10. The molecule has 1 aromatic heterocycles. The third-order valence-electron chi connectivity index (χ3n) is 3.50. The molecule has 0 bridgehead atoms. The Morgan fingerprint density at radius 3 is 2.67 bits per heavy atom. The number of nitrogens with one attached hydrogen (secondary N) is 2. The second-order valence-corrected chi connectivity index (χ2v) is 5.33. The van der Waals surface area contributed by atoms with Gasteiger partial charge in [-0.25, -0.2) is 0 Å². The van der Waals surface area contributed by atoms with Crippen LogP contribution in [-0.4, -0.2) is 24.1 Å². The molecule has 100 valence electrons. The van der Waals surface area contributed by atoms with E-state index in [4.69, 9.17) is 11.6 Å². The standard InChI is InChI=1S/C14H22ClN3/c15-13-11-16-8-7-14(13)18-10-9-17-12-5-3-1-2-4-6-12/h7-8,11-12,17H,1-6,9-10H2,(H,16,18). The summed E-state index contributed by atoms with van der Waals surface area (Å²) in [5.74, 6) is 0. The van der Waals surface area contributed by atoms with E-state index in [-0.39, 0.29) is 0 Å². The van der Waals surface area contributed by atoms with Crippen molar-refractivity contribution in [2.75, 3.05) is 18.4 Å². The fourth-order valence-electron chi connectivity index (χ4n) is 2.48. The zero-order valence-corrected chi connectivity index (χ0v) is 11.5. The first kappa shape index (κ1) is 13.6. The fourth-order valence-corrected chi connectivity index (χ4v) is 2.66. The molecular weight excluding hydrogens is 246 g/mol. The van der Waals surface area contributed by atoms with Crippen molar-refractivity contribution >= 4 is 17.3 Å². The first-order chi connectivity index (χ1) is 8.86. The number of hydrogen-bond acceptors (Lipinski definition) is 3. The van der Waals surface area contributed by atoms with Crippen molar-refractivity contribution in [3.8, 4) is 0 Å². The van der Waals surface area contributed by atoms with Crippen LogP contribution in [0.15, 0.2) is 18.5 Å². The molecule has 1 fully saturated rings. The van der Waals surface area contributed by atoms with Gasteiger partial charge in [-0.3, -0.25) is 4.98 Å². The lowest BCUT2D eigenvalue weighted by Gasteiger charge is -2.16. The smallest absolute Gasteiger partial charge is 0.0820 e. The SMILES string of the molecule is Clc1cnccc1NCCNC1CCCCCC1. The monoisotopic (exact) mass is 267 g/mol.